The Labute approximate surface area is 109 Å². The number of nitro benzene ring substituents is 1. The van der Waals surface area contributed by atoms with Gasteiger partial charge in [-0.15, -0.1) is 6.58 Å². The molecule has 7 nitrogen and oxygen atoms in total. The van der Waals surface area contributed by atoms with Crippen LogP contribution < -0.4 is 4.90 Å². The van der Waals surface area contributed by atoms with Gasteiger partial charge in [0.05, 0.1) is 17.1 Å². The Hall–Kier alpha value is -2.41. The van der Waals surface area contributed by atoms with Gasteiger partial charge in [0, 0.05) is 19.2 Å². The number of aliphatic hydroxyl groups is 1. The fourth-order valence-corrected chi connectivity index (χ4v) is 1.65. The molecule has 0 saturated heterocycles. The molecule has 102 valence electrons. The van der Waals surface area contributed by atoms with E-state index >= 15 is 0 Å². The van der Waals surface area contributed by atoms with E-state index in [1.54, 1.807) is 0 Å². The summed E-state index contributed by atoms with van der Waals surface area (Å²) in [6.07, 6.45) is 1.52. The third kappa shape index (κ3) is 3.52. The number of carbonyl (C=O) groups is 1. The van der Waals surface area contributed by atoms with Gasteiger partial charge >= 0.3 is 5.97 Å². The number of carboxylic acid groups (broad SMARTS) is 1. The topological polar surface area (TPSA) is 104 Å². The molecule has 0 unspecified atom stereocenters. The van der Waals surface area contributed by atoms with E-state index in [-0.39, 0.29) is 36.6 Å². The molecule has 0 amide bonds. The lowest BCUT2D eigenvalue weighted by Crippen LogP contribution is -2.27. The van der Waals surface area contributed by atoms with Crippen molar-refractivity contribution in [1.82, 2.24) is 0 Å². The van der Waals surface area contributed by atoms with Crippen LogP contribution in [0.5, 0.6) is 0 Å². The van der Waals surface area contributed by atoms with Gasteiger partial charge in [0.2, 0.25) is 0 Å². The molecule has 1 aromatic carbocycles. The molecule has 0 aliphatic carbocycles. The second kappa shape index (κ2) is 6.50. The van der Waals surface area contributed by atoms with Crippen LogP contribution in [0.25, 0.3) is 0 Å². The highest BCUT2D eigenvalue weighted by Crippen LogP contribution is 2.29. The molecule has 0 spiro atoms. The molecule has 1 rings (SSSR count). The molecule has 19 heavy (non-hydrogen) atoms. The number of aliphatic hydroxyl groups excluding tert-OH is 1. The third-order valence-electron chi connectivity index (χ3n) is 2.48. The summed E-state index contributed by atoms with van der Waals surface area (Å²) in [6.45, 7) is 3.74. The SMILES string of the molecule is C=CCN(CCO)c1cc(C(=O)O)ccc1[N+](=O)[O-]. The minimum Gasteiger partial charge on any atom is -0.478 e. The van der Waals surface area contributed by atoms with E-state index in [1.807, 2.05) is 0 Å². The van der Waals surface area contributed by atoms with Crippen LogP contribution in [0.1, 0.15) is 10.4 Å². The molecule has 0 aliphatic rings. The smallest absolute Gasteiger partial charge is 0.335 e. The van der Waals surface area contributed by atoms with Crippen LogP contribution in [0.15, 0.2) is 30.9 Å². The fraction of sp³-hybridized carbons (Fsp3) is 0.250. The Bertz CT molecular complexity index is 501. The van der Waals surface area contributed by atoms with Gasteiger partial charge in [0.25, 0.3) is 5.69 Å². The van der Waals surface area contributed by atoms with E-state index < -0.39 is 10.9 Å². The lowest BCUT2D eigenvalue weighted by atomic mass is 10.1. The zero-order valence-corrected chi connectivity index (χ0v) is 10.2. The largest absolute Gasteiger partial charge is 0.478 e. The summed E-state index contributed by atoms with van der Waals surface area (Å²) in [5, 5.41) is 28.9. The predicted octanol–water partition coefficient (Wildman–Crippen LogP) is 1.28. The lowest BCUT2D eigenvalue weighted by molar-refractivity contribution is -0.384. The van der Waals surface area contributed by atoms with Crippen LogP contribution in [-0.2, 0) is 0 Å². The van der Waals surface area contributed by atoms with Crippen molar-refractivity contribution < 1.29 is 19.9 Å². The molecule has 0 saturated carbocycles. The van der Waals surface area contributed by atoms with E-state index in [2.05, 4.69) is 6.58 Å². The minimum atomic E-state index is -1.17. The van der Waals surface area contributed by atoms with Crippen molar-refractivity contribution in [2.45, 2.75) is 0 Å². The fourth-order valence-electron chi connectivity index (χ4n) is 1.65. The Balaban J connectivity index is 3.32. The standard InChI is InChI=1S/C12H14N2O5/c1-2-5-13(6-7-15)11-8-9(12(16)17)3-4-10(11)14(18)19/h2-4,8,15H,1,5-7H2,(H,16,17). The third-order valence-corrected chi connectivity index (χ3v) is 2.48. The molecule has 0 bridgehead atoms. The summed E-state index contributed by atoms with van der Waals surface area (Å²) < 4.78 is 0. The molecule has 0 atom stereocenters. The number of carboxylic acids is 1. The number of hydrogen-bond acceptors (Lipinski definition) is 5. The number of rotatable bonds is 7. The highest BCUT2D eigenvalue weighted by atomic mass is 16.6. The quantitative estimate of drug-likeness (QED) is 0.437. The first-order chi connectivity index (χ1) is 9.01. The van der Waals surface area contributed by atoms with Gasteiger partial charge in [-0.05, 0) is 12.1 Å². The Morgan fingerprint density at radius 3 is 2.68 bits per heavy atom. The zero-order chi connectivity index (χ0) is 14.4. The Morgan fingerprint density at radius 1 is 1.53 bits per heavy atom. The van der Waals surface area contributed by atoms with Crippen molar-refractivity contribution in [2.24, 2.45) is 0 Å². The highest BCUT2D eigenvalue weighted by molar-refractivity contribution is 5.90. The summed E-state index contributed by atoms with van der Waals surface area (Å²) in [6, 6.07) is 3.54. The molecular weight excluding hydrogens is 252 g/mol. The van der Waals surface area contributed by atoms with Gasteiger partial charge in [0.1, 0.15) is 5.69 Å². The molecule has 1 aromatic rings. The van der Waals surface area contributed by atoms with Crippen LogP contribution in [0, 0.1) is 10.1 Å². The van der Waals surface area contributed by atoms with Gasteiger partial charge in [-0.25, -0.2) is 4.79 Å². The average molecular weight is 266 g/mol. The molecule has 0 heterocycles. The Kier molecular flexibility index (Phi) is 5.01. The van der Waals surface area contributed by atoms with Crippen molar-refractivity contribution in [1.29, 1.82) is 0 Å². The summed E-state index contributed by atoms with van der Waals surface area (Å²) in [5.41, 5.74) is -0.105. The maximum absolute atomic E-state index is 11.0. The average Bonchev–Trinajstić information content (AvgIpc) is 2.37. The maximum atomic E-state index is 11.0. The summed E-state index contributed by atoms with van der Waals surface area (Å²) in [7, 11) is 0. The van der Waals surface area contributed by atoms with Crippen molar-refractivity contribution in [3.8, 4) is 0 Å². The molecule has 7 heteroatoms. The zero-order valence-electron chi connectivity index (χ0n) is 10.2. The summed E-state index contributed by atoms with van der Waals surface area (Å²) >= 11 is 0. The monoisotopic (exact) mass is 266 g/mol. The second-order valence-electron chi connectivity index (χ2n) is 3.72. The first-order valence-corrected chi connectivity index (χ1v) is 5.49. The number of benzene rings is 1. The van der Waals surface area contributed by atoms with Crippen LogP contribution in [-0.4, -0.2) is 40.8 Å². The van der Waals surface area contributed by atoms with E-state index in [0.717, 1.165) is 6.07 Å². The normalized spacial score (nSPS) is 9.95. The predicted molar refractivity (Wildman–Crippen MR) is 69.6 cm³/mol. The molecular formula is C12H14N2O5. The van der Waals surface area contributed by atoms with Gasteiger partial charge in [-0.2, -0.15) is 0 Å². The van der Waals surface area contributed by atoms with Crippen LogP contribution in [0.4, 0.5) is 11.4 Å². The molecule has 0 aromatic heterocycles. The first-order valence-electron chi connectivity index (χ1n) is 5.49. The van der Waals surface area contributed by atoms with Crippen LogP contribution in [0.3, 0.4) is 0 Å². The van der Waals surface area contributed by atoms with Crippen molar-refractivity contribution in [3.63, 3.8) is 0 Å². The van der Waals surface area contributed by atoms with Crippen molar-refractivity contribution in [3.05, 3.63) is 46.5 Å². The number of hydrogen-bond donors (Lipinski definition) is 2. The molecule has 0 fully saturated rings. The number of nitro groups is 1. The van der Waals surface area contributed by atoms with E-state index in [1.165, 1.54) is 23.1 Å². The molecule has 0 aliphatic heterocycles. The maximum Gasteiger partial charge on any atom is 0.335 e. The molecule has 0 radical (unpaired) electrons. The Morgan fingerprint density at radius 2 is 2.21 bits per heavy atom. The first kappa shape index (κ1) is 14.7. The van der Waals surface area contributed by atoms with Gasteiger partial charge < -0.3 is 15.1 Å². The van der Waals surface area contributed by atoms with E-state index in [9.17, 15) is 14.9 Å². The van der Waals surface area contributed by atoms with E-state index in [0.29, 0.717) is 0 Å². The molecule has 2 N–H and O–H groups in total. The van der Waals surface area contributed by atoms with Gasteiger partial charge in [-0.1, -0.05) is 6.08 Å². The van der Waals surface area contributed by atoms with Crippen LogP contribution >= 0.6 is 0 Å². The van der Waals surface area contributed by atoms with Gasteiger partial charge in [0.15, 0.2) is 0 Å². The second-order valence-corrected chi connectivity index (χ2v) is 3.72. The number of nitrogens with zero attached hydrogens (tertiary/aromatic N) is 2. The van der Waals surface area contributed by atoms with Crippen molar-refractivity contribution >= 4 is 17.3 Å². The number of aromatic carboxylic acids is 1. The summed E-state index contributed by atoms with van der Waals surface area (Å²) in [5.74, 6) is -1.17. The lowest BCUT2D eigenvalue weighted by Gasteiger charge is -2.22. The summed E-state index contributed by atoms with van der Waals surface area (Å²) in [4.78, 5) is 22.8. The van der Waals surface area contributed by atoms with Crippen LogP contribution in [0.2, 0.25) is 0 Å². The minimum absolute atomic E-state index is 0.0485. The number of anilines is 1. The van der Waals surface area contributed by atoms with Gasteiger partial charge in [-0.3, -0.25) is 10.1 Å². The van der Waals surface area contributed by atoms with Crippen molar-refractivity contribution in [2.75, 3.05) is 24.6 Å². The van der Waals surface area contributed by atoms with E-state index in [4.69, 9.17) is 10.2 Å². The highest BCUT2D eigenvalue weighted by Gasteiger charge is 2.20.